The van der Waals surface area contributed by atoms with Gasteiger partial charge in [-0.15, -0.1) is 0 Å². The first-order valence-electron chi connectivity index (χ1n) is 7.75. The summed E-state index contributed by atoms with van der Waals surface area (Å²) in [6.45, 7) is 0.195. The number of hydrogen-bond acceptors (Lipinski definition) is 3. The zero-order valence-corrected chi connectivity index (χ0v) is 13.4. The van der Waals surface area contributed by atoms with Gasteiger partial charge in [-0.1, -0.05) is 18.9 Å². The number of halogens is 3. The standard InChI is InChI=1S/C16H22F3N3O/c1-22(2)14-8-7-11(9-20-14)10-21-15(23)12-5-3-4-6-13(12)16(17,18)19/h7-9,12-13H,3-6,10H2,1-2H3,(H,21,23)/t12-,13+/m0/s1. The first kappa shape index (κ1) is 17.6. The van der Waals surface area contributed by atoms with Crippen molar-refractivity contribution < 1.29 is 18.0 Å². The summed E-state index contributed by atoms with van der Waals surface area (Å²) >= 11 is 0. The number of alkyl halides is 3. The molecule has 1 aliphatic carbocycles. The smallest absolute Gasteiger partial charge is 0.363 e. The van der Waals surface area contributed by atoms with E-state index in [4.69, 9.17) is 0 Å². The average Bonchev–Trinajstić information content (AvgIpc) is 2.52. The first-order chi connectivity index (χ1) is 10.8. The van der Waals surface area contributed by atoms with Gasteiger partial charge >= 0.3 is 6.18 Å². The Hall–Kier alpha value is -1.79. The quantitative estimate of drug-likeness (QED) is 0.923. The number of nitrogens with zero attached hydrogens (tertiary/aromatic N) is 2. The maximum atomic E-state index is 13.0. The Morgan fingerprint density at radius 1 is 1.30 bits per heavy atom. The number of pyridine rings is 1. The molecule has 0 radical (unpaired) electrons. The Kier molecular flexibility index (Phi) is 5.49. The predicted molar refractivity (Wildman–Crippen MR) is 81.9 cm³/mol. The molecule has 2 atom stereocenters. The fraction of sp³-hybridized carbons (Fsp3) is 0.625. The highest BCUT2D eigenvalue weighted by atomic mass is 19.4. The SMILES string of the molecule is CN(C)c1ccc(CNC(=O)[C@H]2CCCC[C@H]2C(F)(F)F)cn1. The van der Waals surface area contributed by atoms with Gasteiger partial charge in [0.05, 0.1) is 5.92 Å². The summed E-state index contributed by atoms with van der Waals surface area (Å²) in [5.41, 5.74) is 0.767. The van der Waals surface area contributed by atoms with Crippen molar-refractivity contribution in [3.05, 3.63) is 23.9 Å². The van der Waals surface area contributed by atoms with Gasteiger partial charge in [0.15, 0.2) is 0 Å². The monoisotopic (exact) mass is 329 g/mol. The summed E-state index contributed by atoms with van der Waals surface area (Å²) in [5, 5.41) is 2.63. The molecular weight excluding hydrogens is 307 g/mol. The van der Waals surface area contributed by atoms with Gasteiger partial charge in [0.25, 0.3) is 0 Å². The van der Waals surface area contributed by atoms with Gasteiger partial charge in [-0.3, -0.25) is 4.79 Å². The highest BCUT2D eigenvalue weighted by molar-refractivity contribution is 5.79. The van der Waals surface area contributed by atoms with Crippen LogP contribution in [0, 0.1) is 11.8 Å². The molecule has 4 nitrogen and oxygen atoms in total. The second kappa shape index (κ2) is 7.19. The van der Waals surface area contributed by atoms with Crippen LogP contribution in [-0.2, 0) is 11.3 Å². The molecule has 7 heteroatoms. The molecule has 0 aromatic carbocycles. The van der Waals surface area contributed by atoms with Gasteiger partial charge in [-0.05, 0) is 24.5 Å². The largest absolute Gasteiger partial charge is 0.392 e. The lowest BCUT2D eigenvalue weighted by Crippen LogP contribution is -2.42. The van der Waals surface area contributed by atoms with Crippen LogP contribution in [0.5, 0.6) is 0 Å². The molecule has 0 bridgehead atoms. The van der Waals surface area contributed by atoms with Crippen LogP contribution < -0.4 is 10.2 Å². The number of carbonyl (C=O) groups is 1. The van der Waals surface area contributed by atoms with E-state index in [9.17, 15) is 18.0 Å². The van der Waals surface area contributed by atoms with Crippen LogP contribution in [0.3, 0.4) is 0 Å². The highest BCUT2D eigenvalue weighted by Crippen LogP contribution is 2.41. The molecule has 1 saturated carbocycles. The molecule has 1 aromatic heterocycles. The van der Waals surface area contributed by atoms with Crippen LogP contribution in [0.4, 0.5) is 19.0 Å². The molecule has 1 amide bonds. The minimum absolute atomic E-state index is 0.0423. The molecule has 1 fully saturated rings. The van der Waals surface area contributed by atoms with Crippen molar-refractivity contribution in [3.8, 4) is 0 Å². The fourth-order valence-corrected chi connectivity index (χ4v) is 2.94. The Labute approximate surface area is 134 Å². The van der Waals surface area contributed by atoms with Crippen molar-refractivity contribution in [1.82, 2.24) is 10.3 Å². The third kappa shape index (κ3) is 4.59. The van der Waals surface area contributed by atoms with Crippen molar-refractivity contribution in [3.63, 3.8) is 0 Å². The van der Waals surface area contributed by atoms with E-state index < -0.39 is 23.9 Å². The van der Waals surface area contributed by atoms with E-state index in [0.717, 1.165) is 11.4 Å². The van der Waals surface area contributed by atoms with E-state index in [1.54, 1.807) is 12.3 Å². The lowest BCUT2D eigenvalue weighted by molar-refractivity contribution is -0.198. The molecule has 1 N–H and O–H groups in total. The predicted octanol–water partition coefficient (Wildman–Crippen LogP) is 3.13. The van der Waals surface area contributed by atoms with Gasteiger partial charge in [-0.25, -0.2) is 4.98 Å². The van der Waals surface area contributed by atoms with Gasteiger partial charge in [-0.2, -0.15) is 13.2 Å². The molecule has 1 aromatic rings. The molecule has 1 aliphatic rings. The molecule has 1 heterocycles. The molecule has 0 aliphatic heterocycles. The maximum absolute atomic E-state index is 13.0. The van der Waals surface area contributed by atoms with Crippen molar-refractivity contribution in [2.24, 2.45) is 11.8 Å². The van der Waals surface area contributed by atoms with Crippen LogP contribution >= 0.6 is 0 Å². The van der Waals surface area contributed by atoms with Gasteiger partial charge in [0.1, 0.15) is 5.82 Å². The highest BCUT2D eigenvalue weighted by Gasteiger charge is 2.47. The fourth-order valence-electron chi connectivity index (χ4n) is 2.94. The van der Waals surface area contributed by atoms with Gasteiger partial charge in [0.2, 0.25) is 5.91 Å². The van der Waals surface area contributed by atoms with E-state index in [1.165, 1.54) is 0 Å². The Morgan fingerprint density at radius 2 is 2.00 bits per heavy atom. The van der Waals surface area contributed by atoms with Gasteiger partial charge < -0.3 is 10.2 Å². The normalized spacial score (nSPS) is 21.8. The van der Waals surface area contributed by atoms with Crippen LogP contribution in [0.2, 0.25) is 0 Å². The minimum Gasteiger partial charge on any atom is -0.363 e. The number of rotatable bonds is 4. The lowest BCUT2D eigenvalue weighted by Gasteiger charge is -2.32. The summed E-state index contributed by atoms with van der Waals surface area (Å²) in [5.74, 6) is -2.23. The van der Waals surface area contributed by atoms with E-state index in [2.05, 4.69) is 10.3 Å². The van der Waals surface area contributed by atoms with Crippen LogP contribution in [0.15, 0.2) is 18.3 Å². The molecule has 128 valence electrons. The number of carbonyl (C=O) groups excluding carboxylic acids is 1. The zero-order valence-electron chi connectivity index (χ0n) is 13.4. The summed E-state index contributed by atoms with van der Waals surface area (Å²) in [6.07, 6.45) is -1.14. The van der Waals surface area contributed by atoms with E-state index in [1.807, 2.05) is 25.1 Å². The maximum Gasteiger partial charge on any atom is 0.392 e. The third-order valence-electron chi connectivity index (χ3n) is 4.26. The first-order valence-corrected chi connectivity index (χ1v) is 7.75. The van der Waals surface area contributed by atoms with Crippen LogP contribution in [0.25, 0.3) is 0 Å². The van der Waals surface area contributed by atoms with Crippen molar-refractivity contribution in [1.29, 1.82) is 0 Å². The summed E-state index contributed by atoms with van der Waals surface area (Å²) in [6, 6.07) is 3.62. The minimum atomic E-state index is -4.31. The Morgan fingerprint density at radius 3 is 2.57 bits per heavy atom. The molecule has 2 rings (SSSR count). The Balaban J connectivity index is 1.95. The molecule has 0 unspecified atom stereocenters. The number of anilines is 1. The average molecular weight is 329 g/mol. The van der Waals surface area contributed by atoms with Crippen molar-refractivity contribution in [2.45, 2.75) is 38.4 Å². The number of amides is 1. The topological polar surface area (TPSA) is 45.2 Å². The summed E-state index contributed by atoms with van der Waals surface area (Å²) in [4.78, 5) is 18.2. The number of nitrogens with one attached hydrogen (secondary N) is 1. The molecular formula is C16H22F3N3O. The van der Waals surface area contributed by atoms with Gasteiger partial charge in [0, 0.05) is 32.8 Å². The van der Waals surface area contributed by atoms with E-state index in [-0.39, 0.29) is 13.0 Å². The lowest BCUT2D eigenvalue weighted by atomic mass is 9.78. The van der Waals surface area contributed by atoms with Crippen molar-refractivity contribution >= 4 is 11.7 Å². The number of aromatic nitrogens is 1. The van der Waals surface area contributed by atoms with Crippen LogP contribution in [0.1, 0.15) is 31.2 Å². The van der Waals surface area contributed by atoms with E-state index >= 15 is 0 Å². The second-order valence-corrected chi connectivity index (χ2v) is 6.18. The third-order valence-corrected chi connectivity index (χ3v) is 4.26. The number of hydrogen-bond donors (Lipinski definition) is 1. The Bertz CT molecular complexity index is 528. The summed E-state index contributed by atoms with van der Waals surface area (Å²) < 4.78 is 39.1. The zero-order chi connectivity index (χ0) is 17.0. The molecule has 23 heavy (non-hydrogen) atoms. The van der Waals surface area contributed by atoms with Crippen LogP contribution in [-0.4, -0.2) is 31.2 Å². The molecule has 0 saturated heterocycles. The van der Waals surface area contributed by atoms with E-state index in [0.29, 0.717) is 19.3 Å². The molecule has 0 spiro atoms. The van der Waals surface area contributed by atoms with Crippen molar-refractivity contribution in [2.75, 3.05) is 19.0 Å². The second-order valence-electron chi connectivity index (χ2n) is 6.18. The summed E-state index contributed by atoms with van der Waals surface area (Å²) in [7, 11) is 3.73.